The molecule has 0 fully saturated rings. The molecule has 0 radical (unpaired) electrons. The van der Waals surface area contributed by atoms with Crippen LogP contribution < -0.4 is 5.32 Å². The Morgan fingerprint density at radius 2 is 1.95 bits per heavy atom. The van der Waals surface area contributed by atoms with Crippen LogP contribution in [0.3, 0.4) is 0 Å². The lowest BCUT2D eigenvalue weighted by molar-refractivity contribution is 0.0930. The summed E-state index contributed by atoms with van der Waals surface area (Å²) in [5.41, 5.74) is 2.55. The Kier molecular flexibility index (Phi) is 5.37. The number of carbonyl (C=O) groups is 1. The van der Waals surface area contributed by atoms with Crippen LogP contribution >= 0.6 is 22.9 Å². The van der Waals surface area contributed by atoms with Crippen molar-refractivity contribution in [2.45, 2.75) is 32.7 Å². The van der Waals surface area contributed by atoms with Crippen molar-refractivity contribution in [2.24, 2.45) is 5.92 Å². The van der Waals surface area contributed by atoms with Crippen molar-refractivity contribution >= 4 is 28.8 Å². The topological polar surface area (TPSA) is 42.0 Å². The van der Waals surface area contributed by atoms with Gasteiger partial charge in [0, 0.05) is 22.5 Å². The number of carbonyl (C=O) groups excluding carboxylic acids is 1. The number of nitrogens with one attached hydrogen (secondary N) is 1. The zero-order valence-corrected chi connectivity index (χ0v) is 14.0. The molecule has 0 aliphatic heterocycles. The van der Waals surface area contributed by atoms with Gasteiger partial charge in [0.25, 0.3) is 5.91 Å². The summed E-state index contributed by atoms with van der Waals surface area (Å²) < 4.78 is 0. The normalized spacial score (nSPS) is 12.4. The van der Waals surface area contributed by atoms with E-state index in [0.29, 0.717) is 17.4 Å². The van der Waals surface area contributed by atoms with Gasteiger partial charge in [0.2, 0.25) is 0 Å². The van der Waals surface area contributed by atoms with Gasteiger partial charge in [0.1, 0.15) is 5.01 Å². The van der Waals surface area contributed by atoms with Crippen molar-refractivity contribution in [3.63, 3.8) is 0 Å². The molecule has 0 aliphatic carbocycles. The van der Waals surface area contributed by atoms with Crippen LogP contribution in [0.4, 0.5) is 0 Å². The third-order valence-electron chi connectivity index (χ3n) is 3.44. The molecule has 1 heterocycles. The first-order valence-electron chi connectivity index (χ1n) is 6.93. The van der Waals surface area contributed by atoms with E-state index in [9.17, 15) is 4.79 Å². The molecule has 0 saturated carbocycles. The molecule has 1 aromatic carbocycles. The summed E-state index contributed by atoms with van der Waals surface area (Å²) in [6.45, 7) is 6.19. The van der Waals surface area contributed by atoms with E-state index < -0.39 is 0 Å². The van der Waals surface area contributed by atoms with E-state index in [-0.39, 0.29) is 11.9 Å². The summed E-state index contributed by atoms with van der Waals surface area (Å²) in [6, 6.07) is 7.67. The molecule has 1 amide bonds. The monoisotopic (exact) mass is 322 g/mol. The van der Waals surface area contributed by atoms with Gasteiger partial charge in [-0.15, -0.1) is 22.9 Å². The van der Waals surface area contributed by atoms with Crippen LogP contribution in [0.1, 0.15) is 36.8 Å². The van der Waals surface area contributed by atoms with Gasteiger partial charge in [0.15, 0.2) is 0 Å². The van der Waals surface area contributed by atoms with Gasteiger partial charge in [-0.2, -0.15) is 0 Å². The number of hydrogen-bond donors (Lipinski definition) is 1. The standard InChI is InChI=1S/C16H19ClN2OS/c1-10(2)11(3)18-15(20)12-4-6-13(7-5-12)16-19-14(8-17)9-21-16/h4-7,9-11H,8H2,1-3H3,(H,18,20). The van der Waals surface area contributed by atoms with E-state index in [1.54, 1.807) is 11.3 Å². The van der Waals surface area contributed by atoms with Crippen LogP contribution in [0, 0.1) is 5.92 Å². The van der Waals surface area contributed by atoms with E-state index >= 15 is 0 Å². The Hall–Kier alpha value is -1.39. The number of halogens is 1. The quantitative estimate of drug-likeness (QED) is 0.833. The minimum absolute atomic E-state index is 0.0386. The van der Waals surface area contributed by atoms with E-state index in [1.165, 1.54) is 0 Å². The van der Waals surface area contributed by atoms with Gasteiger partial charge in [-0.05, 0) is 25.0 Å². The highest BCUT2D eigenvalue weighted by atomic mass is 35.5. The number of amides is 1. The fraction of sp³-hybridized carbons (Fsp3) is 0.375. The van der Waals surface area contributed by atoms with Crippen LogP contribution in [0.2, 0.25) is 0 Å². The van der Waals surface area contributed by atoms with Crippen molar-refractivity contribution in [2.75, 3.05) is 0 Å². The van der Waals surface area contributed by atoms with Crippen LogP contribution in [-0.4, -0.2) is 16.9 Å². The summed E-state index contributed by atoms with van der Waals surface area (Å²) in [5, 5.41) is 5.87. The minimum Gasteiger partial charge on any atom is -0.349 e. The molecule has 0 bridgehead atoms. The van der Waals surface area contributed by atoms with Gasteiger partial charge < -0.3 is 5.32 Å². The second kappa shape index (κ2) is 7.05. The molecule has 3 nitrogen and oxygen atoms in total. The molecule has 1 unspecified atom stereocenters. The van der Waals surface area contributed by atoms with Gasteiger partial charge >= 0.3 is 0 Å². The summed E-state index contributed by atoms with van der Waals surface area (Å²) in [7, 11) is 0. The number of rotatable bonds is 5. The molecule has 5 heteroatoms. The third-order valence-corrected chi connectivity index (χ3v) is 4.66. The molecule has 0 aliphatic rings. The summed E-state index contributed by atoms with van der Waals surface area (Å²) in [5.74, 6) is 0.797. The van der Waals surface area contributed by atoms with Crippen molar-refractivity contribution < 1.29 is 4.79 Å². The number of nitrogens with zero attached hydrogens (tertiary/aromatic N) is 1. The second-order valence-corrected chi connectivity index (χ2v) is 6.49. The van der Waals surface area contributed by atoms with Crippen molar-refractivity contribution in [3.05, 3.63) is 40.9 Å². The summed E-state index contributed by atoms with van der Waals surface area (Å²) in [6.07, 6.45) is 0. The molecule has 112 valence electrons. The average Bonchev–Trinajstić information content (AvgIpc) is 2.96. The maximum Gasteiger partial charge on any atom is 0.251 e. The highest BCUT2D eigenvalue weighted by Crippen LogP contribution is 2.24. The lowest BCUT2D eigenvalue weighted by Gasteiger charge is -2.17. The van der Waals surface area contributed by atoms with E-state index in [2.05, 4.69) is 24.1 Å². The highest BCUT2D eigenvalue weighted by Gasteiger charge is 2.13. The average molecular weight is 323 g/mol. The first kappa shape index (κ1) is 16.0. The lowest BCUT2D eigenvalue weighted by Crippen LogP contribution is -2.36. The van der Waals surface area contributed by atoms with Crippen molar-refractivity contribution in [1.82, 2.24) is 10.3 Å². The molecule has 1 N–H and O–H groups in total. The molecule has 1 aromatic heterocycles. The van der Waals surface area contributed by atoms with Gasteiger partial charge in [-0.3, -0.25) is 4.79 Å². The third kappa shape index (κ3) is 4.05. The number of thiazole rings is 1. The van der Waals surface area contributed by atoms with Crippen molar-refractivity contribution in [3.8, 4) is 10.6 Å². The molecule has 0 spiro atoms. The van der Waals surface area contributed by atoms with E-state index in [0.717, 1.165) is 16.3 Å². The summed E-state index contributed by atoms with van der Waals surface area (Å²) >= 11 is 7.32. The number of aromatic nitrogens is 1. The smallest absolute Gasteiger partial charge is 0.251 e. The fourth-order valence-electron chi connectivity index (χ4n) is 1.72. The Balaban J connectivity index is 2.09. The van der Waals surface area contributed by atoms with Crippen LogP contribution in [-0.2, 0) is 5.88 Å². The Bertz CT molecular complexity index is 607. The predicted molar refractivity (Wildman–Crippen MR) is 88.9 cm³/mol. The largest absolute Gasteiger partial charge is 0.349 e. The minimum atomic E-state index is -0.0386. The number of benzene rings is 1. The number of hydrogen-bond acceptors (Lipinski definition) is 3. The number of alkyl halides is 1. The zero-order chi connectivity index (χ0) is 15.4. The summed E-state index contributed by atoms with van der Waals surface area (Å²) in [4.78, 5) is 16.5. The van der Waals surface area contributed by atoms with E-state index in [4.69, 9.17) is 11.6 Å². The van der Waals surface area contributed by atoms with Gasteiger partial charge in [-0.25, -0.2) is 4.98 Å². The van der Waals surface area contributed by atoms with Crippen LogP contribution in [0.15, 0.2) is 29.6 Å². The maximum atomic E-state index is 12.1. The Labute approximate surface area is 134 Å². The van der Waals surface area contributed by atoms with Gasteiger partial charge in [-0.1, -0.05) is 26.0 Å². The molecule has 1 atom stereocenters. The Morgan fingerprint density at radius 3 is 2.48 bits per heavy atom. The van der Waals surface area contributed by atoms with Crippen LogP contribution in [0.25, 0.3) is 10.6 Å². The van der Waals surface area contributed by atoms with Gasteiger partial charge in [0.05, 0.1) is 11.6 Å². The Morgan fingerprint density at radius 1 is 1.29 bits per heavy atom. The predicted octanol–water partition coefficient (Wildman–Crippen LogP) is 4.32. The molecule has 2 aromatic rings. The first-order valence-corrected chi connectivity index (χ1v) is 8.34. The maximum absolute atomic E-state index is 12.1. The molecule has 2 rings (SSSR count). The van der Waals surface area contributed by atoms with E-state index in [1.807, 2.05) is 36.6 Å². The second-order valence-electron chi connectivity index (χ2n) is 5.36. The van der Waals surface area contributed by atoms with Crippen LogP contribution in [0.5, 0.6) is 0 Å². The zero-order valence-electron chi connectivity index (χ0n) is 12.4. The molecular formula is C16H19ClN2OS. The highest BCUT2D eigenvalue weighted by molar-refractivity contribution is 7.13. The SMILES string of the molecule is CC(C)C(C)NC(=O)c1ccc(-c2nc(CCl)cs2)cc1. The van der Waals surface area contributed by atoms with Crippen molar-refractivity contribution in [1.29, 1.82) is 0 Å². The molecule has 0 saturated heterocycles. The first-order chi connectivity index (χ1) is 10.0. The molecular weight excluding hydrogens is 304 g/mol. The lowest BCUT2D eigenvalue weighted by atomic mass is 10.1. The fourth-order valence-corrected chi connectivity index (χ4v) is 2.78. The molecule has 21 heavy (non-hydrogen) atoms.